The first-order chi connectivity index (χ1) is 17.7. The fraction of sp³-hybridized carbons (Fsp3) is 0.238. The summed E-state index contributed by atoms with van der Waals surface area (Å²) < 4.78 is 17.7. The van der Waals surface area contributed by atoms with Crippen molar-refractivity contribution in [3.8, 4) is 0 Å². The summed E-state index contributed by atoms with van der Waals surface area (Å²) in [5, 5.41) is 15.6. The number of β-lactam (4-membered cyclic amide) rings is 1. The normalized spacial score (nSPS) is 19.6. The molecule has 37 heavy (non-hydrogen) atoms. The van der Waals surface area contributed by atoms with Crippen LogP contribution in [-0.2, 0) is 25.8 Å². The summed E-state index contributed by atoms with van der Waals surface area (Å²) in [5.74, 6) is -2.92. The van der Waals surface area contributed by atoms with Crippen molar-refractivity contribution in [2.75, 3.05) is 18.6 Å². The number of hydrogen-bond donors (Lipinski definition) is 3. The number of aliphatic carboxylic acids is 1. The Morgan fingerprint density at radius 3 is 2.92 bits per heavy atom. The molecule has 0 unspecified atom stereocenters. The lowest BCUT2D eigenvalue weighted by molar-refractivity contribution is -0.663. The number of nitrogens with zero attached hydrogens (tertiary/aromatic N) is 5. The van der Waals surface area contributed by atoms with Crippen LogP contribution in [0.2, 0.25) is 4.34 Å². The average molecular weight is 567 g/mol. The van der Waals surface area contributed by atoms with E-state index in [4.69, 9.17) is 22.2 Å². The smallest absolute Gasteiger partial charge is 0.352 e. The Hall–Kier alpha value is -3.69. The van der Waals surface area contributed by atoms with E-state index in [1.807, 2.05) is 0 Å². The van der Waals surface area contributed by atoms with Gasteiger partial charge >= 0.3 is 11.6 Å². The highest BCUT2D eigenvalue weighted by Gasteiger charge is 2.54. The zero-order valence-electron chi connectivity index (χ0n) is 18.9. The number of carboxylic acid groups (broad SMARTS) is 1. The van der Waals surface area contributed by atoms with Crippen molar-refractivity contribution in [3.05, 3.63) is 57.8 Å². The van der Waals surface area contributed by atoms with E-state index in [1.54, 1.807) is 33.6 Å². The number of hydrogen-bond acceptors (Lipinski definition) is 9. The van der Waals surface area contributed by atoms with Gasteiger partial charge < -0.3 is 21.0 Å². The van der Waals surface area contributed by atoms with Gasteiger partial charge in [-0.15, -0.1) is 11.8 Å². The van der Waals surface area contributed by atoms with Gasteiger partial charge in [0.15, 0.2) is 10.8 Å². The van der Waals surface area contributed by atoms with Crippen molar-refractivity contribution in [3.63, 3.8) is 0 Å². The van der Waals surface area contributed by atoms with E-state index in [2.05, 4.69) is 15.5 Å². The van der Waals surface area contributed by atoms with Crippen LogP contribution in [0, 0.1) is 5.82 Å². The molecule has 0 aromatic carbocycles. The molecule has 192 valence electrons. The van der Waals surface area contributed by atoms with E-state index < -0.39 is 35.0 Å². The van der Waals surface area contributed by atoms with Crippen LogP contribution in [0.15, 0.2) is 47.1 Å². The molecule has 1 saturated heterocycles. The molecule has 0 saturated carbocycles. The molecule has 0 radical (unpaired) electrons. The van der Waals surface area contributed by atoms with Gasteiger partial charge in [0.05, 0.1) is 6.20 Å². The largest absolute Gasteiger partial charge is 0.477 e. The van der Waals surface area contributed by atoms with E-state index in [-0.39, 0.29) is 44.5 Å². The number of rotatable bonds is 7. The Morgan fingerprint density at radius 2 is 2.24 bits per heavy atom. The lowest BCUT2D eigenvalue weighted by Crippen LogP contribution is -2.71. The molecule has 5 heterocycles. The number of pyridine rings is 1. The Balaban J connectivity index is 1.39. The maximum absolute atomic E-state index is 14.4. The van der Waals surface area contributed by atoms with E-state index in [0.717, 1.165) is 16.2 Å². The number of thioether (sulfide) groups is 1. The SMILES string of the molecule is CO/N=C(\C(=O)N[C@@H]1C(=O)N2C(C(=O)O)=C(C[n+]3ccn4cccc(F)c43)CS[C@@H]12)c1nc(N)sc1Cl. The Kier molecular flexibility index (Phi) is 6.51. The van der Waals surface area contributed by atoms with Gasteiger partial charge in [0.2, 0.25) is 5.82 Å². The third-order valence-electron chi connectivity index (χ3n) is 5.75. The lowest BCUT2D eigenvalue weighted by Gasteiger charge is -2.49. The van der Waals surface area contributed by atoms with E-state index >= 15 is 0 Å². The molecule has 1 fully saturated rings. The number of carbonyl (C=O) groups is 3. The molecule has 0 spiro atoms. The molecule has 2 amide bonds. The first kappa shape index (κ1) is 25.0. The van der Waals surface area contributed by atoms with Crippen LogP contribution >= 0.6 is 34.7 Å². The summed E-state index contributed by atoms with van der Waals surface area (Å²) >= 11 is 8.32. The topological polar surface area (TPSA) is 156 Å². The molecule has 5 rings (SSSR count). The van der Waals surface area contributed by atoms with Crippen molar-refractivity contribution in [1.29, 1.82) is 0 Å². The molecule has 3 aromatic heterocycles. The number of carboxylic acids is 1. The van der Waals surface area contributed by atoms with Crippen molar-refractivity contribution in [2.24, 2.45) is 5.16 Å². The van der Waals surface area contributed by atoms with Crippen molar-refractivity contribution in [1.82, 2.24) is 19.6 Å². The van der Waals surface area contributed by atoms with Crippen LogP contribution in [0.3, 0.4) is 0 Å². The summed E-state index contributed by atoms with van der Waals surface area (Å²) in [6.07, 6.45) is 4.96. The number of amides is 2. The van der Waals surface area contributed by atoms with Crippen molar-refractivity contribution < 1.29 is 33.3 Å². The second-order valence-corrected chi connectivity index (χ2v) is 10.7. The second-order valence-electron chi connectivity index (χ2n) is 7.93. The standard InChI is InChI=1S/C21H17ClFN7O5S2/c1-35-27-12(11-15(22)37-21(24)26-11)16(31)25-13-18(32)30-14(20(33)34)9(8-36-19(13)30)7-29-6-5-28-4-2-3-10(23)17(28)29/h2-6,13,19H,7-8H2,1H3,(H3-,24,25,26,31,33,34)/p+1/b27-12-/t13-,19+/m1/s1. The number of anilines is 1. The molecular weight excluding hydrogens is 549 g/mol. The molecule has 2 aliphatic rings. The van der Waals surface area contributed by atoms with Crippen molar-refractivity contribution in [2.45, 2.75) is 18.0 Å². The van der Waals surface area contributed by atoms with E-state index in [0.29, 0.717) is 5.57 Å². The van der Waals surface area contributed by atoms with Gasteiger partial charge in [0.1, 0.15) is 53.2 Å². The van der Waals surface area contributed by atoms with Crippen LogP contribution in [0.1, 0.15) is 5.69 Å². The molecule has 0 bridgehead atoms. The Labute approximate surface area is 221 Å². The summed E-state index contributed by atoms with van der Waals surface area (Å²) in [6, 6.07) is 1.85. The summed E-state index contributed by atoms with van der Waals surface area (Å²) in [4.78, 5) is 48.1. The van der Waals surface area contributed by atoms with Gasteiger partial charge in [0.25, 0.3) is 11.8 Å². The molecule has 4 N–H and O–H groups in total. The zero-order chi connectivity index (χ0) is 26.4. The first-order valence-electron chi connectivity index (χ1n) is 10.6. The van der Waals surface area contributed by atoms with E-state index in [9.17, 15) is 23.9 Å². The predicted molar refractivity (Wildman–Crippen MR) is 132 cm³/mol. The van der Waals surface area contributed by atoms with Crippen molar-refractivity contribution >= 4 is 69.0 Å². The highest BCUT2D eigenvalue weighted by molar-refractivity contribution is 8.00. The number of nitrogens with two attached hydrogens (primary N) is 1. The molecule has 0 aliphatic carbocycles. The number of aromatic nitrogens is 3. The number of thiazole rings is 1. The van der Waals surface area contributed by atoms with Crippen LogP contribution in [-0.4, -0.2) is 67.2 Å². The summed E-state index contributed by atoms with van der Waals surface area (Å²) in [5.41, 5.74) is 5.88. The summed E-state index contributed by atoms with van der Waals surface area (Å²) in [6.45, 7) is 0.0635. The number of nitrogen functional groups attached to an aromatic ring is 1. The van der Waals surface area contributed by atoms with Gasteiger partial charge in [-0.2, -0.15) is 4.39 Å². The van der Waals surface area contributed by atoms with E-state index in [1.165, 1.54) is 24.9 Å². The maximum atomic E-state index is 14.4. The number of nitrogens with one attached hydrogen (secondary N) is 1. The highest BCUT2D eigenvalue weighted by Crippen LogP contribution is 2.40. The fourth-order valence-corrected chi connectivity index (χ4v) is 6.48. The highest BCUT2D eigenvalue weighted by atomic mass is 35.5. The fourth-order valence-electron chi connectivity index (χ4n) is 4.21. The van der Waals surface area contributed by atoms with Gasteiger partial charge in [0, 0.05) is 11.3 Å². The minimum absolute atomic E-state index is 0.000834. The predicted octanol–water partition coefficient (Wildman–Crippen LogP) is 0.847. The number of imidazole rings is 1. The monoisotopic (exact) mass is 566 g/mol. The Morgan fingerprint density at radius 1 is 1.46 bits per heavy atom. The van der Waals surface area contributed by atoms with Gasteiger partial charge in [-0.1, -0.05) is 28.1 Å². The molecule has 2 atom stereocenters. The molecule has 12 nitrogen and oxygen atoms in total. The minimum atomic E-state index is -1.30. The molecule has 16 heteroatoms. The number of carbonyl (C=O) groups excluding carboxylic acids is 2. The average Bonchev–Trinajstić information content (AvgIpc) is 3.42. The van der Waals surface area contributed by atoms with Crippen LogP contribution in [0.25, 0.3) is 5.65 Å². The van der Waals surface area contributed by atoms with Crippen LogP contribution in [0.5, 0.6) is 0 Å². The quantitative estimate of drug-likeness (QED) is 0.164. The Bertz CT molecular complexity index is 1520. The third-order valence-corrected chi connectivity index (χ3v) is 8.17. The first-order valence-corrected chi connectivity index (χ1v) is 12.8. The zero-order valence-corrected chi connectivity index (χ0v) is 21.3. The number of oxime groups is 1. The number of halogens is 2. The van der Waals surface area contributed by atoms with Crippen LogP contribution in [0.4, 0.5) is 9.52 Å². The lowest BCUT2D eigenvalue weighted by atomic mass is 10.0. The van der Waals surface area contributed by atoms with Gasteiger partial charge in [-0.3, -0.25) is 14.5 Å². The maximum Gasteiger partial charge on any atom is 0.352 e. The molecule has 2 aliphatic heterocycles. The second kappa shape index (κ2) is 9.64. The number of fused-ring (bicyclic) bond motifs is 2. The molecular formula is C21H18ClFN7O5S2+. The van der Waals surface area contributed by atoms with Gasteiger partial charge in [-0.25, -0.2) is 18.7 Å². The minimum Gasteiger partial charge on any atom is -0.477 e. The molecule has 3 aromatic rings. The third kappa shape index (κ3) is 4.28. The summed E-state index contributed by atoms with van der Waals surface area (Å²) in [7, 11) is 1.23. The van der Waals surface area contributed by atoms with Gasteiger partial charge in [-0.05, 0) is 12.1 Å². The van der Waals surface area contributed by atoms with Crippen LogP contribution < -0.4 is 15.6 Å².